The standard InChI is InChI=1S/C20H29F2NO5/c1-18(5-2-3-6-18)10-13(23-16(26)12-9-20(12,21)22)14(24)11-19(7-4-8-19)15(25)17(27)28/h12-13,15,25H,2-11H2,1H3,(H,23,26)(H,27,28)/t12?,13-,15?/m0/s1. The minimum Gasteiger partial charge on any atom is -0.479 e. The molecule has 0 bridgehead atoms. The average molecular weight is 401 g/mol. The molecule has 0 heterocycles. The van der Waals surface area contributed by atoms with Gasteiger partial charge in [0.25, 0.3) is 5.92 Å². The van der Waals surface area contributed by atoms with Crippen LogP contribution in [0.1, 0.15) is 71.1 Å². The van der Waals surface area contributed by atoms with Crippen LogP contribution in [0.4, 0.5) is 8.78 Å². The molecule has 28 heavy (non-hydrogen) atoms. The summed E-state index contributed by atoms with van der Waals surface area (Å²) in [5.41, 5.74) is -1.18. The molecule has 0 aliphatic heterocycles. The van der Waals surface area contributed by atoms with Crippen molar-refractivity contribution in [3.8, 4) is 0 Å². The first-order chi connectivity index (χ1) is 13.0. The maximum absolute atomic E-state index is 13.3. The van der Waals surface area contributed by atoms with Gasteiger partial charge in [-0.25, -0.2) is 13.6 Å². The lowest BCUT2D eigenvalue weighted by Crippen LogP contribution is -2.51. The molecule has 3 N–H and O–H groups in total. The third kappa shape index (κ3) is 4.21. The summed E-state index contributed by atoms with van der Waals surface area (Å²) in [6.07, 6.45) is 3.45. The Labute approximate surface area is 163 Å². The fourth-order valence-corrected chi connectivity index (χ4v) is 4.85. The van der Waals surface area contributed by atoms with E-state index in [0.717, 1.165) is 32.1 Å². The number of carboxylic acid groups (broad SMARTS) is 1. The summed E-state index contributed by atoms with van der Waals surface area (Å²) in [4.78, 5) is 36.5. The van der Waals surface area contributed by atoms with Crippen LogP contribution >= 0.6 is 0 Å². The molecule has 0 spiro atoms. The van der Waals surface area contributed by atoms with Gasteiger partial charge in [-0.05, 0) is 37.5 Å². The molecule has 3 fully saturated rings. The Bertz CT molecular complexity index is 655. The summed E-state index contributed by atoms with van der Waals surface area (Å²) in [5.74, 6) is -6.95. The predicted octanol–water partition coefficient (Wildman–Crippen LogP) is 2.67. The highest BCUT2D eigenvalue weighted by molar-refractivity contribution is 5.92. The number of aliphatic hydroxyl groups excluding tert-OH is 1. The number of rotatable bonds is 9. The minimum atomic E-state index is -3.01. The van der Waals surface area contributed by atoms with Crippen LogP contribution in [0.5, 0.6) is 0 Å². The molecule has 1 amide bonds. The molecular weight excluding hydrogens is 372 g/mol. The zero-order valence-electron chi connectivity index (χ0n) is 16.2. The monoisotopic (exact) mass is 401 g/mol. The van der Waals surface area contributed by atoms with Crippen LogP contribution in [0.15, 0.2) is 0 Å². The number of hydrogen-bond donors (Lipinski definition) is 3. The average Bonchev–Trinajstić information content (AvgIpc) is 3.00. The molecule has 3 aliphatic rings. The smallest absolute Gasteiger partial charge is 0.333 e. The number of Topliss-reactive ketones (excluding diaryl/α,β-unsaturated/α-hetero) is 1. The van der Waals surface area contributed by atoms with E-state index in [1.54, 1.807) is 0 Å². The zero-order valence-corrected chi connectivity index (χ0v) is 16.2. The first-order valence-electron chi connectivity index (χ1n) is 10.1. The number of halogens is 2. The molecule has 0 radical (unpaired) electrons. The first-order valence-corrected chi connectivity index (χ1v) is 10.1. The van der Waals surface area contributed by atoms with E-state index in [0.29, 0.717) is 19.3 Å². The van der Waals surface area contributed by atoms with E-state index in [1.165, 1.54) is 0 Å². The number of carbonyl (C=O) groups excluding carboxylic acids is 2. The fourth-order valence-electron chi connectivity index (χ4n) is 4.85. The van der Waals surface area contributed by atoms with Gasteiger partial charge >= 0.3 is 5.97 Å². The van der Waals surface area contributed by atoms with Crippen LogP contribution in [0, 0.1) is 16.7 Å². The third-order valence-corrected chi connectivity index (χ3v) is 7.04. The molecule has 8 heteroatoms. The number of hydrogen-bond acceptors (Lipinski definition) is 4. The summed E-state index contributed by atoms with van der Waals surface area (Å²) in [6, 6.07) is -0.925. The van der Waals surface area contributed by atoms with Gasteiger partial charge in [-0.3, -0.25) is 9.59 Å². The molecule has 0 saturated heterocycles. The molecule has 158 valence electrons. The van der Waals surface area contributed by atoms with E-state index in [4.69, 9.17) is 0 Å². The van der Waals surface area contributed by atoms with Crippen molar-refractivity contribution >= 4 is 17.7 Å². The van der Waals surface area contributed by atoms with Gasteiger partial charge in [0.2, 0.25) is 5.91 Å². The van der Waals surface area contributed by atoms with Gasteiger partial charge in [0.15, 0.2) is 11.9 Å². The van der Waals surface area contributed by atoms with Crippen molar-refractivity contribution in [3.05, 3.63) is 0 Å². The minimum absolute atomic E-state index is 0.155. The topological polar surface area (TPSA) is 104 Å². The number of nitrogens with one attached hydrogen (secondary N) is 1. The van der Waals surface area contributed by atoms with Crippen molar-refractivity contribution in [1.82, 2.24) is 5.32 Å². The Morgan fingerprint density at radius 1 is 1.11 bits per heavy atom. The second kappa shape index (κ2) is 7.35. The highest BCUT2D eigenvalue weighted by atomic mass is 19.3. The SMILES string of the molecule is CC1(C[C@H](NC(=O)C2CC2(F)F)C(=O)CC2(C(O)C(=O)O)CCC2)CCCC1. The summed E-state index contributed by atoms with van der Waals surface area (Å²) >= 11 is 0. The Kier molecular flexibility index (Phi) is 5.55. The Morgan fingerprint density at radius 3 is 2.11 bits per heavy atom. The van der Waals surface area contributed by atoms with Crippen molar-refractivity contribution < 1.29 is 33.4 Å². The number of carbonyl (C=O) groups is 3. The van der Waals surface area contributed by atoms with E-state index in [-0.39, 0.29) is 17.6 Å². The molecule has 3 rings (SSSR count). The summed E-state index contributed by atoms with van der Waals surface area (Å²) < 4.78 is 26.5. The fraction of sp³-hybridized carbons (Fsp3) is 0.850. The first kappa shape index (κ1) is 21.1. The normalized spacial score (nSPS) is 28.6. The largest absolute Gasteiger partial charge is 0.479 e. The van der Waals surface area contributed by atoms with Crippen LogP contribution in [0.2, 0.25) is 0 Å². The van der Waals surface area contributed by atoms with Crippen LogP contribution in [0.25, 0.3) is 0 Å². The summed E-state index contributed by atoms with van der Waals surface area (Å²) in [5, 5.41) is 21.8. The van der Waals surface area contributed by atoms with E-state index < -0.39 is 47.7 Å². The third-order valence-electron chi connectivity index (χ3n) is 7.04. The van der Waals surface area contributed by atoms with E-state index in [2.05, 4.69) is 5.32 Å². The quantitative estimate of drug-likeness (QED) is 0.551. The molecule has 6 nitrogen and oxygen atoms in total. The van der Waals surface area contributed by atoms with Crippen molar-refractivity contribution in [2.75, 3.05) is 0 Å². The maximum atomic E-state index is 13.3. The van der Waals surface area contributed by atoms with Gasteiger partial charge in [-0.2, -0.15) is 0 Å². The Morgan fingerprint density at radius 2 is 1.68 bits per heavy atom. The molecular formula is C20H29F2NO5. The molecule has 3 saturated carbocycles. The maximum Gasteiger partial charge on any atom is 0.333 e. The van der Waals surface area contributed by atoms with Crippen LogP contribution < -0.4 is 5.32 Å². The number of alkyl halides is 2. The van der Waals surface area contributed by atoms with Gasteiger partial charge < -0.3 is 15.5 Å². The molecule has 2 unspecified atom stereocenters. The predicted molar refractivity (Wildman–Crippen MR) is 95.7 cm³/mol. The van der Waals surface area contributed by atoms with Gasteiger partial charge in [0, 0.05) is 18.3 Å². The Hall–Kier alpha value is -1.57. The van der Waals surface area contributed by atoms with Crippen LogP contribution in [0.3, 0.4) is 0 Å². The van der Waals surface area contributed by atoms with Crippen LogP contribution in [-0.2, 0) is 14.4 Å². The second-order valence-corrected chi connectivity index (χ2v) is 9.40. The van der Waals surface area contributed by atoms with Crippen molar-refractivity contribution in [2.45, 2.75) is 89.2 Å². The highest BCUT2D eigenvalue weighted by Crippen LogP contribution is 2.50. The molecule has 0 aromatic rings. The number of aliphatic hydroxyl groups is 1. The zero-order chi connectivity index (χ0) is 20.7. The lowest BCUT2D eigenvalue weighted by Gasteiger charge is -2.44. The van der Waals surface area contributed by atoms with Gasteiger partial charge in [-0.15, -0.1) is 0 Å². The number of amides is 1. The molecule has 0 aromatic heterocycles. The van der Waals surface area contributed by atoms with Gasteiger partial charge in [-0.1, -0.05) is 26.2 Å². The molecule has 3 atom stereocenters. The summed E-state index contributed by atoms with van der Waals surface area (Å²) in [6.45, 7) is 2.03. The number of carboxylic acids is 1. The number of ketones is 1. The lowest BCUT2D eigenvalue weighted by molar-refractivity contribution is -0.162. The number of aliphatic carboxylic acids is 1. The van der Waals surface area contributed by atoms with Gasteiger partial charge in [0.05, 0.1) is 6.04 Å². The van der Waals surface area contributed by atoms with Crippen LogP contribution in [-0.4, -0.2) is 45.9 Å². The Balaban J connectivity index is 1.72. The highest BCUT2D eigenvalue weighted by Gasteiger charge is 2.61. The molecule has 3 aliphatic carbocycles. The van der Waals surface area contributed by atoms with E-state index >= 15 is 0 Å². The molecule has 0 aromatic carbocycles. The van der Waals surface area contributed by atoms with E-state index in [9.17, 15) is 33.4 Å². The van der Waals surface area contributed by atoms with Crippen molar-refractivity contribution in [3.63, 3.8) is 0 Å². The van der Waals surface area contributed by atoms with Crippen molar-refractivity contribution in [1.29, 1.82) is 0 Å². The van der Waals surface area contributed by atoms with E-state index in [1.807, 2.05) is 6.92 Å². The lowest BCUT2D eigenvalue weighted by atomic mass is 9.61. The second-order valence-electron chi connectivity index (χ2n) is 9.40. The van der Waals surface area contributed by atoms with Crippen molar-refractivity contribution in [2.24, 2.45) is 16.7 Å². The van der Waals surface area contributed by atoms with Gasteiger partial charge in [0.1, 0.15) is 5.92 Å². The summed E-state index contributed by atoms with van der Waals surface area (Å²) in [7, 11) is 0.